The van der Waals surface area contributed by atoms with Gasteiger partial charge in [0.2, 0.25) is 0 Å². The molecule has 4 rings (SSSR count). The van der Waals surface area contributed by atoms with Crippen LogP contribution in [0.25, 0.3) is 0 Å². The lowest BCUT2D eigenvalue weighted by Crippen LogP contribution is -2.38. The highest BCUT2D eigenvalue weighted by atomic mass is 19.1. The SMILES string of the molecule is Fc1ccc([C@@H]2CCNCC2COc2ccc3c(c2)COC3)cc1. The van der Waals surface area contributed by atoms with E-state index in [4.69, 9.17) is 9.47 Å². The molecule has 1 N–H and O–H groups in total. The van der Waals surface area contributed by atoms with Gasteiger partial charge < -0.3 is 14.8 Å². The molecule has 4 heteroatoms. The highest BCUT2D eigenvalue weighted by Crippen LogP contribution is 2.31. The molecule has 2 atom stereocenters. The van der Waals surface area contributed by atoms with Crippen molar-refractivity contribution in [3.05, 3.63) is 65.0 Å². The fraction of sp³-hybridized carbons (Fsp3) is 0.400. The lowest BCUT2D eigenvalue weighted by atomic mass is 9.81. The van der Waals surface area contributed by atoms with E-state index in [0.29, 0.717) is 31.7 Å². The molecule has 1 unspecified atom stereocenters. The number of halogens is 1. The van der Waals surface area contributed by atoms with Gasteiger partial charge in [0.1, 0.15) is 11.6 Å². The van der Waals surface area contributed by atoms with E-state index in [0.717, 1.165) is 25.3 Å². The summed E-state index contributed by atoms with van der Waals surface area (Å²) in [5, 5.41) is 3.45. The van der Waals surface area contributed by atoms with Crippen LogP contribution < -0.4 is 10.1 Å². The van der Waals surface area contributed by atoms with Crippen LogP contribution >= 0.6 is 0 Å². The summed E-state index contributed by atoms with van der Waals surface area (Å²) >= 11 is 0. The van der Waals surface area contributed by atoms with E-state index >= 15 is 0 Å². The monoisotopic (exact) mass is 327 g/mol. The van der Waals surface area contributed by atoms with E-state index in [-0.39, 0.29) is 5.82 Å². The molecule has 126 valence electrons. The Bertz CT molecular complexity index is 701. The van der Waals surface area contributed by atoms with Crippen LogP contribution in [0.15, 0.2) is 42.5 Å². The van der Waals surface area contributed by atoms with Crippen molar-refractivity contribution in [3.8, 4) is 5.75 Å². The molecule has 24 heavy (non-hydrogen) atoms. The van der Waals surface area contributed by atoms with Crippen molar-refractivity contribution in [3.63, 3.8) is 0 Å². The lowest BCUT2D eigenvalue weighted by Gasteiger charge is -2.32. The third-order valence-electron chi connectivity index (χ3n) is 5.06. The standard InChI is InChI=1S/C20H22FNO2/c21-18-4-1-14(2-5-18)20-7-8-22-10-17(20)13-24-19-6-3-15-11-23-12-16(15)9-19/h1-6,9,17,20,22H,7-8,10-13H2/t17?,20-/m0/s1. The molecule has 3 nitrogen and oxygen atoms in total. The maximum absolute atomic E-state index is 13.2. The van der Waals surface area contributed by atoms with Crippen molar-refractivity contribution in [1.29, 1.82) is 0 Å². The molecule has 0 radical (unpaired) electrons. The van der Waals surface area contributed by atoms with E-state index in [1.54, 1.807) is 12.1 Å². The summed E-state index contributed by atoms with van der Waals surface area (Å²) < 4.78 is 24.7. The second kappa shape index (κ2) is 6.91. The zero-order chi connectivity index (χ0) is 16.4. The first-order chi connectivity index (χ1) is 11.8. The molecular formula is C20H22FNO2. The van der Waals surface area contributed by atoms with Gasteiger partial charge in [-0.1, -0.05) is 18.2 Å². The Labute approximate surface area is 141 Å². The highest BCUT2D eigenvalue weighted by molar-refractivity contribution is 5.36. The van der Waals surface area contributed by atoms with Crippen molar-refractivity contribution in [2.24, 2.45) is 5.92 Å². The van der Waals surface area contributed by atoms with Crippen molar-refractivity contribution in [1.82, 2.24) is 5.32 Å². The van der Waals surface area contributed by atoms with Crippen LogP contribution in [-0.4, -0.2) is 19.7 Å². The molecule has 0 aliphatic carbocycles. The van der Waals surface area contributed by atoms with Crippen molar-refractivity contribution in [2.75, 3.05) is 19.7 Å². The Kier molecular flexibility index (Phi) is 4.50. The molecule has 0 bridgehead atoms. The number of fused-ring (bicyclic) bond motifs is 1. The van der Waals surface area contributed by atoms with E-state index in [9.17, 15) is 4.39 Å². The topological polar surface area (TPSA) is 30.5 Å². The largest absolute Gasteiger partial charge is 0.493 e. The molecule has 2 heterocycles. The molecule has 2 aliphatic heterocycles. The van der Waals surface area contributed by atoms with E-state index in [1.807, 2.05) is 18.2 Å². The first kappa shape index (κ1) is 15.6. The Morgan fingerprint density at radius 3 is 2.79 bits per heavy atom. The van der Waals surface area contributed by atoms with Gasteiger partial charge in [-0.05, 0) is 59.8 Å². The quantitative estimate of drug-likeness (QED) is 0.930. The summed E-state index contributed by atoms with van der Waals surface area (Å²) in [5.41, 5.74) is 3.68. The van der Waals surface area contributed by atoms with Gasteiger partial charge in [0.15, 0.2) is 0 Å². The summed E-state index contributed by atoms with van der Waals surface area (Å²) in [4.78, 5) is 0. The maximum atomic E-state index is 13.2. The fourth-order valence-corrected chi connectivity index (χ4v) is 3.69. The zero-order valence-electron chi connectivity index (χ0n) is 13.6. The Balaban J connectivity index is 1.44. The summed E-state index contributed by atoms with van der Waals surface area (Å²) in [6.07, 6.45) is 1.05. The molecule has 0 spiro atoms. The molecule has 0 aromatic heterocycles. The Morgan fingerprint density at radius 2 is 1.92 bits per heavy atom. The van der Waals surface area contributed by atoms with Crippen LogP contribution in [-0.2, 0) is 18.0 Å². The number of benzene rings is 2. The minimum atomic E-state index is -0.180. The molecule has 1 fully saturated rings. The van der Waals surface area contributed by atoms with Gasteiger partial charge in [-0.3, -0.25) is 0 Å². The Hall–Kier alpha value is -1.91. The molecule has 2 aromatic carbocycles. The molecule has 2 aromatic rings. The van der Waals surface area contributed by atoms with Crippen LogP contribution in [0.1, 0.15) is 29.0 Å². The summed E-state index contributed by atoms with van der Waals surface area (Å²) in [7, 11) is 0. The zero-order valence-corrected chi connectivity index (χ0v) is 13.6. The first-order valence-electron chi connectivity index (χ1n) is 8.58. The van der Waals surface area contributed by atoms with Crippen molar-refractivity contribution in [2.45, 2.75) is 25.6 Å². The van der Waals surface area contributed by atoms with E-state index < -0.39 is 0 Å². The number of hydrogen-bond donors (Lipinski definition) is 1. The fourth-order valence-electron chi connectivity index (χ4n) is 3.69. The molecule has 2 aliphatic rings. The van der Waals surface area contributed by atoms with Gasteiger partial charge in [0, 0.05) is 12.5 Å². The molecular weight excluding hydrogens is 305 g/mol. The second-order valence-electron chi connectivity index (χ2n) is 6.65. The minimum absolute atomic E-state index is 0.180. The highest BCUT2D eigenvalue weighted by Gasteiger charge is 2.27. The van der Waals surface area contributed by atoms with Gasteiger partial charge in [-0.15, -0.1) is 0 Å². The smallest absolute Gasteiger partial charge is 0.123 e. The van der Waals surface area contributed by atoms with Gasteiger partial charge >= 0.3 is 0 Å². The minimum Gasteiger partial charge on any atom is -0.493 e. The third kappa shape index (κ3) is 3.30. The number of hydrogen-bond acceptors (Lipinski definition) is 3. The van der Waals surface area contributed by atoms with Crippen LogP contribution in [0.5, 0.6) is 5.75 Å². The normalized spacial score (nSPS) is 23.0. The molecule has 0 saturated carbocycles. The summed E-state index contributed by atoms with van der Waals surface area (Å²) in [5.74, 6) is 1.52. The van der Waals surface area contributed by atoms with Crippen LogP contribution in [0, 0.1) is 11.7 Å². The number of piperidine rings is 1. The average molecular weight is 327 g/mol. The first-order valence-corrected chi connectivity index (χ1v) is 8.58. The second-order valence-corrected chi connectivity index (χ2v) is 6.65. The number of ether oxygens (including phenoxy) is 2. The van der Waals surface area contributed by atoms with Gasteiger partial charge in [0.05, 0.1) is 19.8 Å². The summed E-state index contributed by atoms with van der Waals surface area (Å²) in [6, 6.07) is 13.1. The molecule has 0 amide bonds. The van der Waals surface area contributed by atoms with E-state index in [1.165, 1.54) is 16.7 Å². The predicted molar refractivity (Wildman–Crippen MR) is 90.5 cm³/mol. The van der Waals surface area contributed by atoms with Crippen molar-refractivity contribution >= 4 is 0 Å². The van der Waals surface area contributed by atoms with Crippen LogP contribution in [0.4, 0.5) is 4.39 Å². The maximum Gasteiger partial charge on any atom is 0.123 e. The number of rotatable bonds is 4. The van der Waals surface area contributed by atoms with Gasteiger partial charge in [-0.25, -0.2) is 4.39 Å². The third-order valence-corrected chi connectivity index (χ3v) is 5.06. The lowest BCUT2D eigenvalue weighted by molar-refractivity contribution is 0.134. The average Bonchev–Trinajstić information content (AvgIpc) is 3.09. The molecule has 1 saturated heterocycles. The van der Waals surface area contributed by atoms with Gasteiger partial charge in [-0.2, -0.15) is 0 Å². The van der Waals surface area contributed by atoms with E-state index in [2.05, 4.69) is 17.4 Å². The van der Waals surface area contributed by atoms with Crippen LogP contribution in [0.2, 0.25) is 0 Å². The summed E-state index contributed by atoms with van der Waals surface area (Å²) in [6.45, 7) is 3.96. The number of nitrogens with one attached hydrogen (secondary N) is 1. The Morgan fingerprint density at radius 1 is 1.08 bits per heavy atom. The van der Waals surface area contributed by atoms with Gasteiger partial charge in [0.25, 0.3) is 0 Å². The van der Waals surface area contributed by atoms with Crippen LogP contribution in [0.3, 0.4) is 0 Å². The predicted octanol–water partition coefficient (Wildman–Crippen LogP) is 3.63. The van der Waals surface area contributed by atoms with Crippen molar-refractivity contribution < 1.29 is 13.9 Å².